The van der Waals surface area contributed by atoms with Gasteiger partial charge in [0.05, 0.1) is 0 Å². The second kappa shape index (κ2) is 9.09. The predicted octanol–water partition coefficient (Wildman–Crippen LogP) is 3.35. The van der Waals surface area contributed by atoms with Gasteiger partial charge in [-0.25, -0.2) is 0 Å². The normalized spacial score (nSPS) is 11.2. The molecule has 4 heteroatoms. The molecule has 1 aromatic carbocycles. The third-order valence-corrected chi connectivity index (χ3v) is 4.48. The summed E-state index contributed by atoms with van der Waals surface area (Å²) in [6.07, 6.45) is 7.14. The first-order chi connectivity index (χ1) is 10.1. The fourth-order valence-corrected chi connectivity index (χ4v) is 2.60. The van der Waals surface area contributed by atoms with Crippen molar-refractivity contribution in [2.24, 2.45) is 5.41 Å². The number of nitrogens with one attached hydrogen (secondary N) is 1. The third kappa shape index (κ3) is 5.35. The van der Waals surface area contributed by atoms with Gasteiger partial charge in [0.2, 0.25) is 0 Å². The highest BCUT2D eigenvalue weighted by Gasteiger charge is 2.24. The molecule has 116 valence electrons. The van der Waals surface area contributed by atoms with Crippen molar-refractivity contribution in [2.75, 3.05) is 19.8 Å². The Morgan fingerprint density at radius 3 is 2.67 bits per heavy atom. The van der Waals surface area contributed by atoms with Crippen LogP contribution in [0.15, 0.2) is 22.7 Å². The van der Waals surface area contributed by atoms with Crippen LogP contribution in [0.3, 0.4) is 0 Å². The number of ether oxygens (including phenoxy) is 1. The van der Waals surface area contributed by atoms with Gasteiger partial charge < -0.3 is 15.2 Å². The van der Waals surface area contributed by atoms with Gasteiger partial charge in [-0.2, -0.15) is 0 Å². The molecule has 0 bridgehead atoms. The van der Waals surface area contributed by atoms with Gasteiger partial charge in [0.25, 0.3) is 0 Å². The third-order valence-electron chi connectivity index (χ3n) is 3.98. The number of hydrogen-bond acceptors (Lipinski definition) is 3. The number of aliphatic hydroxyl groups excluding tert-OH is 1. The van der Waals surface area contributed by atoms with Crippen LogP contribution in [0.25, 0.3) is 0 Å². The van der Waals surface area contributed by atoms with Crippen LogP contribution in [0.1, 0.15) is 32.3 Å². The van der Waals surface area contributed by atoms with E-state index in [9.17, 15) is 5.11 Å². The summed E-state index contributed by atoms with van der Waals surface area (Å²) in [6, 6.07) is 5.88. The zero-order valence-electron chi connectivity index (χ0n) is 12.8. The van der Waals surface area contributed by atoms with Gasteiger partial charge in [-0.15, -0.1) is 6.42 Å². The second-order valence-electron chi connectivity index (χ2n) is 5.21. The molecule has 1 aromatic rings. The summed E-state index contributed by atoms with van der Waals surface area (Å²) < 4.78 is 6.56. The van der Waals surface area contributed by atoms with Gasteiger partial charge in [0, 0.05) is 35.1 Å². The summed E-state index contributed by atoms with van der Waals surface area (Å²) in [7, 11) is 0. The van der Waals surface area contributed by atoms with E-state index in [0.717, 1.165) is 35.2 Å². The molecule has 1 rings (SSSR count). The van der Waals surface area contributed by atoms with E-state index in [1.54, 1.807) is 0 Å². The molecule has 0 spiro atoms. The minimum Gasteiger partial charge on any atom is -0.481 e. The lowest BCUT2D eigenvalue weighted by Gasteiger charge is -2.29. The Kier molecular flexibility index (Phi) is 7.81. The maximum Gasteiger partial charge on any atom is 0.148 e. The van der Waals surface area contributed by atoms with E-state index in [4.69, 9.17) is 11.2 Å². The first-order valence-corrected chi connectivity index (χ1v) is 8.06. The van der Waals surface area contributed by atoms with Crippen LogP contribution in [-0.4, -0.2) is 24.9 Å². The van der Waals surface area contributed by atoms with E-state index in [1.807, 2.05) is 18.2 Å². The van der Waals surface area contributed by atoms with E-state index >= 15 is 0 Å². The SMILES string of the molecule is C#CCOc1ccc(Br)cc1CNCC(CC)(CC)CO. The zero-order valence-corrected chi connectivity index (χ0v) is 14.4. The molecule has 0 radical (unpaired) electrons. The highest BCUT2D eigenvalue weighted by Crippen LogP contribution is 2.26. The van der Waals surface area contributed by atoms with Gasteiger partial charge in [0.15, 0.2) is 0 Å². The molecule has 0 saturated carbocycles. The average molecular weight is 354 g/mol. The molecule has 0 aliphatic carbocycles. The van der Waals surface area contributed by atoms with Gasteiger partial charge in [-0.1, -0.05) is 35.7 Å². The first-order valence-electron chi connectivity index (χ1n) is 7.27. The number of aliphatic hydroxyl groups is 1. The van der Waals surface area contributed by atoms with Crippen molar-refractivity contribution in [2.45, 2.75) is 33.2 Å². The van der Waals surface area contributed by atoms with Gasteiger partial charge in [-0.3, -0.25) is 0 Å². The Hall–Kier alpha value is -1.02. The van der Waals surface area contributed by atoms with Gasteiger partial charge in [0.1, 0.15) is 12.4 Å². The van der Waals surface area contributed by atoms with Crippen molar-refractivity contribution in [3.63, 3.8) is 0 Å². The number of halogens is 1. The molecule has 3 nitrogen and oxygen atoms in total. The van der Waals surface area contributed by atoms with Crippen LogP contribution >= 0.6 is 15.9 Å². The Morgan fingerprint density at radius 2 is 2.10 bits per heavy atom. The van der Waals surface area contributed by atoms with Crippen molar-refractivity contribution in [3.8, 4) is 18.1 Å². The molecule has 0 saturated heterocycles. The van der Waals surface area contributed by atoms with Crippen LogP contribution in [0, 0.1) is 17.8 Å². The fourth-order valence-electron chi connectivity index (χ4n) is 2.19. The molecule has 0 aromatic heterocycles. The summed E-state index contributed by atoms with van der Waals surface area (Å²) in [5.41, 5.74) is 1.00. The number of benzene rings is 1. The van der Waals surface area contributed by atoms with E-state index in [2.05, 4.69) is 41.0 Å². The Morgan fingerprint density at radius 1 is 1.38 bits per heavy atom. The maximum absolute atomic E-state index is 9.59. The summed E-state index contributed by atoms with van der Waals surface area (Å²) >= 11 is 3.47. The highest BCUT2D eigenvalue weighted by molar-refractivity contribution is 9.10. The van der Waals surface area contributed by atoms with Crippen molar-refractivity contribution in [3.05, 3.63) is 28.2 Å². The van der Waals surface area contributed by atoms with Crippen LogP contribution in [-0.2, 0) is 6.54 Å². The lowest BCUT2D eigenvalue weighted by molar-refractivity contribution is 0.113. The molecule has 0 amide bonds. The Labute approximate surface area is 136 Å². The number of terminal acetylenes is 1. The molecule has 0 aliphatic heterocycles. The van der Waals surface area contributed by atoms with E-state index in [0.29, 0.717) is 6.54 Å². The van der Waals surface area contributed by atoms with Crippen molar-refractivity contribution in [1.82, 2.24) is 5.32 Å². The smallest absolute Gasteiger partial charge is 0.148 e. The van der Waals surface area contributed by atoms with Crippen molar-refractivity contribution >= 4 is 15.9 Å². The molecular formula is C17H24BrNO2. The predicted molar refractivity (Wildman–Crippen MR) is 90.3 cm³/mol. The van der Waals surface area contributed by atoms with E-state index in [1.165, 1.54) is 0 Å². The largest absolute Gasteiger partial charge is 0.481 e. The molecule has 2 N–H and O–H groups in total. The lowest BCUT2D eigenvalue weighted by Crippen LogP contribution is -2.36. The zero-order chi connectivity index (χ0) is 15.7. The first kappa shape index (κ1) is 18.0. The summed E-state index contributed by atoms with van der Waals surface area (Å²) in [5, 5.41) is 13.0. The molecule has 21 heavy (non-hydrogen) atoms. The number of hydrogen-bond donors (Lipinski definition) is 2. The summed E-state index contributed by atoms with van der Waals surface area (Å²) in [6.45, 7) is 6.15. The van der Waals surface area contributed by atoms with Crippen LogP contribution in [0.5, 0.6) is 5.75 Å². The summed E-state index contributed by atoms with van der Waals surface area (Å²) in [5.74, 6) is 3.28. The molecule has 0 unspecified atom stereocenters. The van der Waals surface area contributed by atoms with Gasteiger partial charge in [-0.05, 0) is 31.0 Å². The maximum atomic E-state index is 9.59. The summed E-state index contributed by atoms with van der Waals surface area (Å²) in [4.78, 5) is 0. The monoisotopic (exact) mass is 353 g/mol. The lowest BCUT2D eigenvalue weighted by atomic mass is 9.83. The van der Waals surface area contributed by atoms with Crippen LogP contribution < -0.4 is 10.1 Å². The molecule has 0 aliphatic rings. The Bertz CT molecular complexity index is 470. The van der Waals surface area contributed by atoms with E-state index < -0.39 is 0 Å². The molecule has 0 fully saturated rings. The fraction of sp³-hybridized carbons (Fsp3) is 0.529. The quantitative estimate of drug-likeness (QED) is 0.669. The van der Waals surface area contributed by atoms with Crippen molar-refractivity contribution < 1.29 is 9.84 Å². The highest BCUT2D eigenvalue weighted by atomic mass is 79.9. The van der Waals surface area contributed by atoms with E-state index in [-0.39, 0.29) is 18.6 Å². The Balaban J connectivity index is 2.70. The number of rotatable bonds is 9. The van der Waals surface area contributed by atoms with Crippen LogP contribution in [0.2, 0.25) is 0 Å². The van der Waals surface area contributed by atoms with Crippen molar-refractivity contribution in [1.29, 1.82) is 0 Å². The minimum atomic E-state index is -0.0498. The topological polar surface area (TPSA) is 41.5 Å². The second-order valence-corrected chi connectivity index (χ2v) is 6.13. The molecule has 0 atom stereocenters. The van der Waals surface area contributed by atoms with Gasteiger partial charge >= 0.3 is 0 Å². The minimum absolute atomic E-state index is 0.0498. The molecular weight excluding hydrogens is 330 g/mol. The average Bonchev–Trinajstić information content (AvgIpc) is 2.51. The molecule has 0 heterocycles. The van der Waals surface area contributed by atoms with Crippen LogP contribution in [0.4, 0.5) is 0 Å². The standard InChI is InChI=1S/C17H24BrNO2/c1-4-9-21-16-8-7-15(18)10-14(16)11-19-12-17(5-2,6-3)13-20/h1,7-8,10,19-20H,5-6,9,11-13H2,2-3H3.